The Morgan fingerprint density at radius 2 is 2.06 bits per heavy atom. The maximum absolute atomic E-state index is 12.0. The van der Waals surface area contributed by atoms with Crippen LogP contribution in [0.3, 0.4) is 0 Å². The molecule has 0 N–H and O–H groups in total. The summed E-state index contributed by atoms with van der Waals surface area (Å²) in [5, 5.41) is 0. The van der Waals surface area contributed by atoms with Gasteiger partial charge in [0.2, 0.25) is 0 Å². The third kappa shape index (κ3) is 3.74. The number of rotatable bonds is 3. The third-order valence-corrected chi connectivity index (χ3v) is 2.36. The zero-order valence-electron chi connectivity index (χ0n) is 11.0. The Hall–Kier alpha value is -1.57. The van der Waals surface area contributed by atoms with Crippen LogP contribution >= 0.6 is 0 Å². The van der Waals surface area contributed by atoms with E-state index in [1.807, 2.05) is 39.0 Å². The molecule has 0 fully saturated rings. The molecule has 0 radical (unpaired) electrons. The van der Waals surface area contributed by atoms with Gasteiger partial charge in [-0.1, -0.05) is 31.7 Å². The largest absolute Gasteiger partial charge is 0.456 e. The van der Waals surface area contributed by atoms with Gasteiger partial charge in [0.1, 0.15) is 5.60 Å². The van der Waals surface area contributed by atoms with Gasteiger partial charge in [0, 0.05) is 0 Å². The van der Waals surface area contributed by atoms with E-state index in [-0.39, 0.29) is 5.97 Å². The van der Waals surface area contributed by atoms with Crippen molar-refractivity contribution >= 4 is 12.0 Å². The van der Waals surface area contributed by atoms with Gasteiger partial charge in [-0.15, -0.1) is 0 Å². The molecule has 0 aliphatic heterocycles. The molecule has 0 heterocycles. The number of esters is 1. The summed E-state index contributed by atoms with van der Waals surface area (Å²) in [6.07, 6.45) is 2.63. The van der Waals surface area contributed by atoms with E-state index < -0.39 is 5.60 Å². The normalized spacial score (nSPS) is 11.1. The van der Waals surface area contributed by atoms with Crippen LogP contribution in [0.15, 0.2) is 24.8 Å². The summed E-state index contributed by atoms with van der Waals surface area (Å²) >= 11 is 0. The molecule has 2 heteroatoms. The molecule has 2 nitrogen and oxygen atoms in total. The fraction of sp³-hybridized carbons (Fsp3) is 0.400. The van der Waals surface area contributed by atoms with Crippen molar-refractivity contribution in [2.75, 3.05) is 0 Å². The summed E-state index contributed by atoms with van der Waals surface area (Å²) in [5.74, 6) is -0.296. The van der Waals surface area contributed by atoms with E-state index in [2.05, 4.69) is 13.5 Å². The predicted molar refractivity (Wildman–Crippen MR) is 71.1 cm³/mol. The van der Waals surface area contributed by atoms with E-state index in [9.17, 15) is 4.79 Å². The minimum atomic E-state index is -0.473. The van der Waals surface area contributed by atoms with E-state index in [0.29, 0.717) is 5.56 Å². The second-order valence-electron chi connectivity index (χ2n) is 4.98. The molecule has 0 aliphatic rings. The summed E-state index contributed by atoms with van der Waals surface area (Å²) in [4.78, 5) is 12.0. The lowest BCUT2D eigenvalue weighted by atomic mass is 10.0. The van der Waals surface area contributed by atoms with Crippen molar-refractivity contribution in [3.05, 3.63) is 41.5 Å². The summed E-state index contributed by atoms with van der Waals surface area (Å²) in [6.45, 7) is 11.4. The third-order valence-electron chi connectivity index (χ3n) is 2.36. The number of hydrogen-bond donors (Lipinski definition) is 0. The molecule has 92 valence electrons. The maximum atomic E-state index is 12.0. The lowest BCUT2D eigenvalue weighted by Gasteiger charge is -2.20. The molecule has 0 amide bonds. The first-order valence-corrected chi connectivity index (χ1v) is 5.86. The zero-order chi connectivity index (χ0) is 13.1. The van der Waals surface area contributed by atoms with Crippen molar-refractivity contribution in [1.29, 1.82) is 0 Å². The maximum Gasteiger partial charge on any atom is 0.339 e. The fourth-order valence-corrected chi connectivity index (χ4v) is 1.52. The number of ether oxygens (including phenoxy) is 1. The number of carbonyl (C=O) groups is 1. The van der Waals surface area contributed by atoms with Gasteiger partial charge in [0.05, 0.1) is 5.56 Å². The zero-order valence-corrected chi connectivity index (χ0v) is 11.0. The average Bonchev–Trinajstić information content (AvgIpc) is 2.25. The van der Waals surface area contributed by atoms with Gasteiger partial charge >= 0.3 is 5.97 Å². The van der Waals surface area contributed by atoms with Crippen LogP contribution in [0.4, 0.5) is 0 Å². The summed E-state index contributed by atoms with van der Waals surface area (Å²) in [6, 6.07) is 5.74. The summed E-state index contributed by atoms with van der Waals surface area (Å²) in [5.41, 5.74) is 2.12. The first-order chi connectivity index (χ1) is 7.87. The van der Waals surface area contributed by atoms with Crippen LogP contribution < -0.4 is 0 Å². The van der Waals surface area contributed by atoms with Gasteiger partial charge in [0.25, 0.3) is 0 Å². The molecule has 0 saturated heterocycles. The molecule has 0 atom stereocenters. The highest BCUT2D eigenvalue weighted by Crippen LogP contribution is 2.18. The molecular weight excluding hydrogens is 212 g/mol. The minimum absolute atomic E-state index is 0.296. The van der Waals surface area contributed by atoms with Gasteiger partial charge in [0.15, 0.2) is 0 Å². The fourth-order valence-electron chi connectivity index (χ4n) is 1.52. The second kappa shape index (κ2) is 5.17. The molecule has 0 aromatic heterocycles. The average molecular weight is 232 g/mol. The van der Waals surface area contributed by atoms with Crippen molar-refractivity contribution in [2.45, 2.75) is 39.7 Å². The van der Waals surface area contributed by atoms with Crippen LogP contribution in [0.5, 0.6) is 0 Å². The molecule has 0 bridgehead atoms. The van der Waals surface area contributed by atoms with Crippen molar-refractivity contribution in [3.8, 4) is 0 Å². The Kier molecular flexibility index (Phi) is 4.11. The molecule has 0 spiro atoms. The summed E-state index contributed by atoms with van der Waals surface area (Å²) in [7, 11) is 0. The van der Waals surface area contributed by atoms with E-state index in [0.717, 1.165) is 12.0 Å². The quantitative estimate of drug-likeness (QED) is 0.740. The molecule has 0 unspecified atom stereocenters. The highest BCUT2D eigenvalue weighted by Gasteiger charge is 2.19. The highest BCUT2D eigenvalue weighted by atomic mass is 16.6. The molecule has 1 rings (SSSR count). The number of hydrogen-bond acceptors (Lipinski definition) is 2. The first-order valence-electron chi connectivity index (χ1n) is 5.86. The lowest BCUT2D eigenvalue weighted by Crippen LogP contribution is -2.24. The van der Waals surface area contributed by atoms with E-state index in [1.54, 1.807) is 6.08 Å². The predicted octanol–water partition coefficient (Wildman–Crippen LogP) is 3.85. The Bertz CT molecular complexity index is 425. The van der Waals surface area contributed by atoms with Crippen LogP contribution in [-0.4, -0.2) is 11.6 Å². The van der Waals surface area contributed by atoms with Gasteiger partial charge in [-0.05, 0) is 44.4 Å². The first kappa shape index (κ1) is 13.5. The van der Waals surface area contributed by atoms with Gasteiger partial charge in [-0.2, -0.15) is 0 Å². The molecule has 0 saturated carbocycles. The molecule has 17 heavy (non-hydrogen) atoms. The molecule has 1 aromatic rings. The Labute approximate surface area is 103 Å². The van der Waals surface area contributed by atoms with Crippen LogP contribution in [0.2, 0.25) is 0 Å². The van der Waals surface area contributed by atoms with Crippen molar-refractivity contribution in [3.63, 3.8) is 0 Å². The number of benzene rings is 1. The number of carbonyl (C=O) groups excluding carboxylic acids is 1. The smallest absolute Gasteiger partial charge is 0.339 e. The van der Waals surface area contributed by atoms with Crippen molar-refractivity contribution < 1.29 is 9.53 Å². The van der Waals surface area contributed by atoms with Crippen molar-refractivity contribution in [2.24, 2.45) is 0 Å². The Balaban J connectivity index is 3.05. The molecular formula is C15H20O2. The van der Waals surface area contributed by atoms with Crippen LogP contribution in [-0.2, 0) is 11.2 Å². The van der Waals surface area contributed by atoms with E-state index in [4.69, 9.17) is 4.74 Å². The highest BCUT2D eigenvalue weighted by molar-refractivity contribution is 5.93. The SMILES string of the molecule is C=Cc1cc(CC)ccc1C(=O)OC(C)(C)C. The van der Waals surface area contributed by atoms with Crippen LogP contribution in [0.1, 0.15) is 49.2 Å². The minimum Gasteiger partial charge on any atom is -0.456 e. The Morgan fingerprint density at radius 3 is 2.53 bits per heavy atom. The van der Waals surface area contributed by atoms with Crippen molar-refractivity contribution in [1.82, 2.24) is 0 Å². The second-order valence-corrected chi connectivity index (χ2v) is 4.98. The van der Waals surface area contributed by atoms with Gasteiger partial charge < -0.3 is 4.74 Å². The van der Waals surface area contributed by atoms with Gasteiger partial charge in [-0.3, -0.25) is 0 Å². The standard InChI is InChI=1S/C15H20O2/c1-6-11-8-9-13(12(7-2)10-11)14(16)17-15(3,4)5/h7-10H,2,6H2,1,3-5H3. The Morgan fingerprint density at radius 1 is 1.41 bits per heavy atom. The van der Waals surface area contributed by atoms with Crippen LogP contribution in [0, 0.1) is 0 Å². The topological polar surface area (TPSA) is 26.3 Å². The number of aryl methyl sites for hydroxylation is 1. The van der Waals surface area contributed by atoms with E-state index >= 15 is 0 Å². The van der Waals surface area contributed by atoms with E-state index in [1.165, 1.54) is 5.56 Å². The molecule has 0 aliphatic carbocycles. The lowest BCUT2D eigenvalue weighted by molar-refractivity contribution is 0.00693. The summed E-state index contributed by atoms with van der Waals surface area (Å²) < 4.78 is 5.35. The van der Waals surface area contributed by atoms with Crippen LogP contribution in [0.25, 0.3) is 6.08 Å². The van der Waals surface area contributed by atoms with Gasteiger partial charge in [-0.25, -0.2) is 4.79 Å². The molecule has 1 aromatic carbocycles. The monoisotopic (exact) mass is 232 g/mol.